The summed E-state index contributed by atoms with van der Waals surface area (Å²) in [5.41, 5.74) is 1.65. The molecule has 0 spiro atoms. The smallest absolute Gasteiger partial charge is 0.343 e. The van der Waals surface area contributed by atoms with Crippen LogP contribution in [0.15, 0.2) is 98.1 Å². The van der Waals surface area contributed by atoms with Gasteiger partial charge in [-0.15, -0.1) is 13.2 Å². The molecule has 246 valence electrons. The lowest BCUT2D eigenvalue weighted by Crippen LogP contribution is -2.20. The summed E-state index contributed by atoms with van der Waals surface area (Å²) in [4.78, 5) is 29.1. The van der Waals surface area contributed by atoms with E-state index in [2.05, 4.69) is 13.2 Å². The number of rotatable bonds is 13. The Bertz CT molecular complexity index is 1830. The van der Waals surface area contributed by atoms with E-state index in [-0.39, 0.29) is 53.3 Å². The van der Waals surface area contributed by atoms with Crippen LogP contribution in [-0.4, -0.2) is 39.7 Å². The van der Waals surface area contributed by atoms with Gasteiger partial charge in [0, 0.05) is 24.0 Å². The van der Waals surface area contributed by atoms with Crippen molar-refractivity contribution >= 4 is 11.9 Å². The van der Waals surface area contributed by atoms with Gasteiger partial charge in [-0.25, -0.2) is 9.59 Å². The Morgan fingerprint density at radius 3 is 1.73 bits per heavy atom. The molecule has 0 radical (unpaired) electrons. The number of carbonyl (C=O) groups is 2. The van der Waals surface area contributed by atoms with Crippen LogP contribution in [0.3, 0.4) is 0 Å². The van der Waals surface area contributed by atoms with Crippen LogP contribution < -0.4 is 28.4 Å². The van der Waals surface area contributed by atoms with Crippen molar-refractivity contribution in [3.05, 3.63) is 120 Å². The van der Waals surface area contributed by atoms with Crippen LogP contribution in [0, 0.1) is 0 Å². The van der Waals surface area contributed by atoms with E-state index in [9.17, 15) is 9.59 Å². The van der Waals surface area contributed by atoms with Gasteiger partial charge in [0.1, 0.15) is 17.8 Å². The fourth-order valence-corrected chi connectivity index (χ4v) is 5.80. The lowest BCUT2D eigenvalue weighted by molar-refractivity contribution is 0.0252. The van der Waals surface area contributed by atoms with Gasteiger partial charge in [0.25, 0.3) is 0 Å². The molecular weight excluding hydrogens is 616 g/mol. The Kier molecular flexibility index (Phi) is 9.52. The first-order valence-electron chi connectivity index (χ1n) is 15.2. The summed E-state index contributed by atoms with van der Waals surface area (Å²) >= 11 is 0. The monoisotopic (exact) mass is 650 g/mol. The molecule has 4 aromatic rings. The second-order valence-electron chi connectivity index (χ2n) is 10.8. The van der Waals surface area contributed by atoms with Crippen molar-refractivity contribution in [3.8, 4) is 45.6 Å². The highest BCUT2D eigenvalue weighted by atomic mass is 16.7. The first-order chi connectivity index (χ1) is 23.5. The highest BCUT2D eigenvalue weighted by molar-refractivity contribution is 6.13. The molecule has 2 aliphatic heterocycles. The van der Waals surface area contributed by atoms with Crippen LogP contribution >= 0.6 is 0 Å². The van der Waals surface area contributed by atoms with Gasteiger partial charge in [-0.1, -0.05) is 72.8 Å². The zero-order chi connectivity index (χ0) is 33.6. The molecule has 0 bridgehead atoms. The van der Waals surface area contributed by atoms with Crippen LogP contribution in [0.2, 0.25) is 0 Å². The van der Waals surface area contributed by atoms with E-state index in [1.54, 1.807) is 24.3 Å². The molecular formula is C38H34O10. The maximum Gasteiger partial charge on any atom is 0.343 e. The first kappa shape index (κ1) is 32.1. The molecule has 0 N–H and O–H groups in total. The van der Waals surface area contributed by atoms with Crippen molar-refractivity contribution in [2.24, 2.45) is 0 Å². The average molecular weight is 651 g/mol. The van der Waals surface area contributed by atoms with E-state index >= 15 is 0 Å². The molecule has 6 rings (SSSR count). The van der Waals surface area contributed by atoms with Gasteiger partial charge in [-0.3, -0.25) is 0 Å². The molecule has 0 saturated carbocycles. The number of esters is 2. The minimum atomic E-state index is -0.851. The van der Waals surface area contributed by atoms with Gasteiger partial charge in [-0.2, -0.15) is 0 Å². The number of hydrogen-bond acceptors (Lipinski definition) is 10. The fraction of sp³-hybridized carbons (Fsp3) is 0.211. The largest absolute Gasteiger partial charge is 0.493 e. The van der Waals surface area contributed by atoms with Crippen molar-refractivity contribution in [3.63, 3.8) is 0 Å². The first-order valence-corrected chi connectivity index (χ1v) is 15.2. The van der Waals surface area contributed by atoms with Gasteiger partial charge in [0.05, 0.1) is 19.8 Å². The summed E-state index contributed by atoms with van der Waals surface area (Å²) in [6.07, 6.45) is 2.46. The maximum atomic E-state index is 14.7. The van der Waals surface area contributed by atoms with Crippen LogP contribution in [0.5, 0.6) is 34.5 Å². The van der Waals surface area contributed by atoms with Crippen molar-refractivity contribution < 1.29 is 47.5 Å². The summed E-state index contributed by atoms with van der Waals surface area (Å²) in [7, 11) is 2.87. The topological polar surface area (TPSA) is 108 Å². The molecule has 2 heterocycles. The minimum Gasteiger partial charge on any atom is -0.493 e. The van der Waals surface area contributed by atoms with Crippen molar-refractivity contribution in [1.29, 1.82) is 0 Å². The lowest BCUT2D eigenvalue weighted by Gasteiger charge is -2.24. The third kappa shape index (κ3) is 6.00. The van der Waals surface area contributed by atoms with Crippen LogP contribution in [0.25, 0.3) is 11.1 Å². The van der Waals surface area contributed by atoms with E-state index in [1.165, 1.54) is 14.2 Å². The minimum absolute atomic E-state index is 0.0454. The summed E-state index contributed by atoms with van der Waals surface area (Å²) in [6, 6.07) is 21.8. The van der Waals surface area contributed by atoms with Crippen LogP contribution in [0.4, 0.5) is 0 Å². The summed E-state index contributed by atoms with van der Waals surface area (Å²) < 4.78 is 47.1. The second kappa shape index (κ2) is 14.3. The molecule has 0 amide bonds. The number of benzene rings is 4. The molecule has 0 saturated heterocycles. The molecule has 2 atom stereocenters. The molecule has 4 aromatic carbocycles. The average Bonchev–Trinajstić information content (AvgIpc) is 3.82. The Morgan fingerprint density at radius 2 is 1.19 bits per heavy atom. The molecule has 0 aliphatic carbocycles. The van der Waals surface area contributed by atoms with Gasteiger partial charge < -0.3 is 37.9 Å². The van der Waals surface area contributed by atoms with E-state index in [0.29, 0.717) is 29.9 Å². The molecule has 0 fully saturated rings. The molecule has 10 nitrogen and oxygen atoms in total. The van der Waals surface area contributed by atoms with Gasteiger partial charge >= 0.3 is 11.9 Å². The Balaban J connectivity index is 1.59. The Labute approximate surface area is 278 Å². The van der Waals surface area contributed by atoms with Gasteiger partial charge in [0.2, 0.25) is 25.1 Å². The molecule has 0 aromatic heterocycles. The molecule has 2 unspecified atom stereocenters. The Hall–Kier alpha value is -5.90. The SMILES string of the molecule is C=CCC(OC(=O)c1c(OC)c2c(c(-c3ccc(OC)c4c3OCO4)c1C(=O)OC(CC=C)c1ccccc1)OCO2)c1ccccc1. The van der Waals surface area contributed by atoms with Crippen LogP contribution in [0.1, 0.15) is 56.9 Å². The third-order valence-electron chi connectivity index (χ3n) is 7.96. The van der Waals surface area contributed by atoms with E-state index in [0.717, 1.165) is 11.1 Å². The zero-order valence-corrected chi connectivity index (χ0v) is 26.6. The van der Waals surface area contributed by atoms with Crippen molar-refractivity contribution in [1.82, 2.24) is 0 Å². The number of ether oxygens (including phenoxy) is 8. The highest BCUT2D eigenvalue weighted by Crippen LogP contribution is 2.57. The molecule has 48 heavy (non-hydrogen) atoms. The lowest BCUT2D eigenvalue weighted by atomic mass is 9.91. The number of methoxy groups -OCH3 is 2. The summed E-state index contributed by atoms with van der Waals surface area (Å²) in [5.74, 6) is -0.437. The van der Waals surface area contributed by atoms with Crippen molar-refractivity contribution in [2.75, 3.05) is 27.8 Å². The highest BCUT2D eigenvalue weighted by Gasteiger charge is 2.41. The van der Waals surface area contributed by atoms with Crippen molar-refractivity contribution in [2.45, 2.75) is 25.0 Å². The third-order valence-corrected chi connectivity index (χ3v) is 7.96. The zero-order valence-electron chi connectivity index (χ0n) is 26.6. The van der Waals surface area contributed by atoms with Gasteiger partial charge in [0.15, 0.2) is 23.0 Å². The quantitative estimate of drug-likeness (QED) is 0.105. The Morgan fingerprint density at radius 1 is 0.667 bits per heavy atom. The fourth-order valence-electron chi connectivity index (χ4n) is 5.80. The number of hydrogen-bond donors (Lipinski definition) is 0. The molecule has 10 heteroatoms. The second-order valence-corrected chi connectivity index (χ2v) is 10.8. The number of carbonyl (C=O) groups excluding carboxylic acids is 2. The summed E-state index contributed by atoms with van der Waals surface area (Å²) in [5, 5.41) is 0. The van der Waals surface area contributed by atoms with E-state index < -0.39 is 24.1 Å². The predicted molar refractivity (Wildman–Crippen MR) is 176 cm³/mol. The number of fused-ring (bicyclic) bond motifs is 2. The van der Waals surface area contributed by atoms with Crippen LogP contribution in [-0.2, 0) is 9.47 Å². The maximum absolute atomic E-state index is 14.7. The van der Waals surface area contributed by atoms with E-state index in [1.807, 2.05) is 60.7 Å². The van der Waals surface area contributed by atoms with Gasteiger partial charge in [-0.05, 0) is 23.3 Å². The standard InChI is InChI=1S/C38H34O10/c1-5-13-26(23-15-9-7-10-16-23)47-37(39)30-29(25-19-20-28(41-3)33-32(25)43-21-44-33)35-36(46-22-45-35)34(42-4)31(30)38(40)48-27(14-6-2)24-17-11-8-12-18-24/h5-12,15-20,26-27H,1-2,13-14,21-22H2,3-4H3. The predicted octanol–water partition coefficient (Wildman–Crippen LogP) is 7.78. The van der Waals surface area contributed by atoms with E-state index in [4.69, 9.17) is 37.9 Å². The normalized spacial score (nSPS) is 13.6. The molecule has 2 aliphatic rings. The summed E-state index contributed by atoms with van der Waals surface area (Å²) in [6.45, 7) is 7.40.